The molecule has 0 aliphatic carbocycles. The Hall–Kier alpha value is -2.62. The summed E-state index contributed by atoms with van der Waals surface area (Å²) in [5.74, 6) is 0.218. The zero-order valence-electron chi connectivity index (χ0n) is 11.3. The Balaban J connectivity index is 2.10. The van der Waals surface area contributed by atoms with Crippen molar-refractivity contribution in [3.63, 3.8) is 0 Å². The maximum absolute atomic E-state index is 10.4. The van der Waals surface area contributed by atoms with Crippen LogP contribution in [0, 0.1) is 13.8 Å². The number of nitrogens with zero attached hydrogens (tertiary/aromatic N) is 1. The number of hydrogen-bond donors (Lipinski definition) is 1. The third-order valence-electron chi connectivity index (χ3n) is 2.88. The molecule has 0 aliphatic rings. The average Bonchev–Trinajstić information content (AvgIpc) is 2.42. The summed E-state index contributed by atoms with van der Waals surface area (Å²) in [6.07, 6.45) is 4.12. The van der Waals surface area contributed by atoms with Gasteiger partial charge in [-0.25, -0.2) is 9.78 Å². The molecule has 4 nitrogen and oxygen atoms in total. The van der Waals surface area contributed by atoms with Crippen LogP contribution in [0.4, 0.5) is 0 Å². The second-order valence-electron chi connectivity index (χ2n) is 4.45. The Kier molecular flexibility index (Phi) is 4.15. The van der Waals surface area contributed by atoms with Crippen molar-refractivity contribution in [2.45, 2.75) is 13.8 Å². The number of aryl methyl sites for hydroxylation is 2. The molecule has 0 fully saturated rings. The summed E-state index contributed by atoms with van der Waals surface area (Å²) in [5.41, 5.74) is 3.07. The molecule has 2 rings (SSSR count). The third-order valence-corrected chi connectivity index (χ3v) is 2.88. The van der Waals surface area contributed by atoms with Gasteiger partial charge in [-0.3, -0.25) is 0 Å². The molecule has 102 valence electrons. The fourth-order valence-electron chi connectivity index (χ4n) is 1.62. The van der Waals surface area contributed by atoms with E-state index in [0.29, 0.717) is 11.4 Å². The van der Waals surface area contributed by atoms with Crippen molar-refractivity contribution in [3.05, 3.63) is 59.3 Å². The van der Waals surface area contributed by atoms with Crippen LogP contribution in [-0.4, -0.2) is 16.1 Å². The highest BCUT2D eigenvalue weighted by Crippen LogP contribution is 2.22. The molecule has 0 saturated heterocycles. The number of ether oxygens (including phenoxy) is 1. The smallest absolute Gasteiger partial charge is 0.328 e. The van der Waals surface area contributed by atoms with E-state index in [1.165, 1.54) is 11.6 Å². The van der Waals surface area contributed by atoms with Crippen LogP contribution < -0.4 is 4.74 Å². The van der Waals surface area contributed by atoms with Crippen LogP contribution >= 0.6 is 0 Å². The van der Waals surface area contributed by atoms with Crippen molar-refractivity contribution in [1.29, 1.82) is 0 Å². The van der Waals surface area contributed by atoms with E-state index in [4.69, 9.17) is 9.84 Å². The predicted molar refractivity (Wildman–Crippen MR) is 76.9 cm³/mol. The van der Waals surface area contributed by atoms with Crippen molar-refractivity contribution in [2.24, 2.45) is 0 Å². The van der Waals surface area contributed by atoms with Gasteiger partial charge in [0.2, 0.25) is 5.88 Å². The van der Waals surface area contributed by atoms with Gasteiger partial charge in [0.05, 0.1) is 0 Å². The molecular weight excluding hydrogens is 254 g/mol. The van der Waals surface area contributed by atoms with E-state index in [-0.39, 0.29) is 0 Å². The Morgan fingerprint density at radius 1 is 1.20 bits per heavy atom. The van der Waals surface area contributed by atoms with Crippen LogP contribution in [0.2, 0.25) is 0 Å². The number of carboxylic acid groups (broad SMARTS) is 1. The molecule has 0 amide bonds. The molecule has 0 aliphatic heterocycles. The number of pyridine rings is 1. The minimum absolute atomic E-state index is 0.473. The normalized spacial score (nSPS) is 10.7. The summed E-state index contributed by atoms with van der Waals surface area (Å²) in [7, 11) is 0. The zero-order valence-corrected chi connectivity index (χ0v) is 11.3. The van der Waals surface area contributed by atoms with Gasteiger partial charge in [0, 0.05) is 18.3 Å². The molecule has 1 N–H and O–H groups in total. The van der Waals surface area contributed by atoms with Crippen molar-refractivity contribution < 1.29 is 14.6 Å². The van der Waals surface area contributed by atoms with Gasteiger partial charge in [0.15, 0.2) is 0 Å². The van der Waals surface area contributed by atoms with Crippen LogP contribution in [0.25, 0.3) is 6.08 Å². The van der Waals surface area contributed by atoms with E-state index < -0.39 is 5.97 Å². The van der Waals surface area contributed by atoms with Gasteiger partial charge >= 0.3 is 5.97 Å². The van der Waals surface area contributed by atoms with Crippen LogP contribution in [0.5, 0.6) is 11.6 Å². The highest BCUT2D eigenvalue weighted by molar-refractivity contribution is 5.85. The first-order valence-electron chi connectivity index (χ1n) is 6.17. The lowest BCUT2D eigenvalue weighted by atomic mass is 10.1. The molecule has 0 saturated carbocycles. The van der Waals surface area contributed by atoms with Crippen molar-refractivity contribution in [1.82, 2.24) is 4.98 Å². The molecular formula is C16H15NO3. The van der Waals surface area contributed by atoms with E-state index >= 15 is 0 Å². The first-order chi connectivity index (χ1) is 9.54. The number of benzene rings is 1. The monoisotopic (exact) mass is 269 g/mol. The molecule has 1 heterocycles. The molecule has 1 aromatic carbocycles. The molecule has 0 unspecified atom stereocenters. The standard InChI is InChI=1S/C16H15NO3/c1-11-3-6-14(9-12(11)2)20-15-7-4-13(10-17-15)5-8-16(18)19/h3-10H,1-2H3,(H,18,19)/b8-5+. The maximum Gasteiger partial charge on any atom is 0.328 e. The fourth-order valence-corrected chi connectivity index (χ4v) is 1.62. The van der Waals surface area contributed by atoms with Crippen molar-refractivity contribution in [3.8, 4) is 11.6 Å². The SMILES string of the molecule is Cc1ccc(Oc2ccc(/C=C/C(=O)O)cn2)cc1C. The summed E-state index contributed by atoms with van der Waals surface area (Å²) in [6.45, 7) is 4.07. The second-order valence-corrected chi connectivity index (χ2v) is 4.45. The number of aliphatic carboxylic acids is 1. The molecule has 20 heavy (non-hydrogen) atoms. The molecule has 0 radical (unpaired) electrons. The maximum atomic E-state index is 10.4. The lowest BCUT2D eigenvalue weighted by molar-refractivity contribution is -0.131. The topological polar surface area (TPSA) is 59.4 Å². The van der Waals surface area contributed by atoms with Crippen molar-refractivity contribution in [2.75, 3.05) is 0 Å². The minimum Gasteiger partial charge on any atom is -0.478 e. The van der Waals surface area contributed by atoms with Gasteiger partial charge in [0.1, 0.15) is 5.75 Å². The first kappa shape index (κ1) is 13.8. The first-order valence-corrected chi connectivity index (χ1v) is 6.17. The third kappa shape index (κ3) is 3.68. The fraction of sp³-hybridized carbons (Fsp3) is 0.125. The second kappa shape index (κ2) is 6.02. The Bertz CT molecular complexity index is 645. The summed E-state index contributed by atoms with van der Waals surface area (Å²) in [6, 6.07) is 9.30. The number of carbonyl (C=O) groups is 1. The van der Waals surface area contributed by atoms with Gasteiger partial charge in [-0.15, -0.1) is 0 Å². The average molecular weight is 269 g/mol. The lowest BCUT2D eigenvalue weighted by Crippen LogP contribution is -1.90. The Morgan fingerprint density at radius 2 is 2.00 bits per heavy atom. The molecule has 1 aromatic heterocycles. The van der Waals surface area contributed by atoms with Gasteiger partial charge in [0.25, 0.3) is 0 Å². The largest absolute Gasteiger partial charge is 0.478 e. The molecule has 0 bridgehead atoms. The Labute approximate surface area is 117 Å². The highest BCUT2D eigenvalue weighted by Gasteiger charge is 2.00. The van der Waals surface area contributed by atoms with Gasteiger partial charge in [-0.1, -0.05) is 6.07 Å². The van der Waals surface area contributed by atoms with E-state index in [1.54, 1.807) is 18.3 Å². The Morgan fingerprint density at radius 3 is 2.60 bits per heavy atom. The summed E-state index contributed by atoms with van der Waals surface area (Å²) < 4.78 is 5.64. The quantitative estimate of drug-likeness (QED) is 0.862. The van der Waals surface area contributed by atoms with Gasteiger partial charge < -0.3 is 9.84 Å². The predicted octanol–water partition coefficient (Wildman–Crippen LogP) is 3.59. The number of carboxylic acids is 1. The van der Waals surface area contributed by atoms with Crippen LogP contribution in [-0.2, 0) is 4.79 Å². The minimum atomic E-state index is -0.986. The van der Waals surface area contributed by atoms with E-state index in [1.807, 2.05) is 32.0 Å². The summed E-state index contributed by atoms with van der Waals surface area (Å²) in [5, 5.41) is 8.54. The van der Waals surface area contributed by atoms with E-state index in [9.17, 15) is 4.79 Å². The van der Waals surface area contributed by atoms with Crippen molar-refractivity contribution >= 4 is 12.0 Å². The molecule has 4 heteroatoms. The molecule has 0 atom stereocenters. The van der Waals surface area contributed by atoms with Crippen LogP contribution in [0.1, 0.15) is 16.7 Å². The lowest BCUT2D eigenvalue weighted by Gasteiger charge is -2.07. The van der Waals surface area contributed by atoms with E-state index in [2.05, 4.69) is 4.98 Å². The van der Waals surface area contributed by atoms with Gasteiger partial charge in [-0.2, -0.15) is 0 Å². The number of aromatic nitrogens is 1. The molecule has 2 aromatic rings. The van der Waals surface area contributed by atoms with Gasteiger partial charge in [-0.05, 0) is 54.8 Å². The number of rotatable bonds is 4. The molecule has 0 spiro atoms. The summed E-state index contributed by atoms with van der Waals surface area (Å²) >= 11 is 0. The summed E-state index contributed by atoms with van der Waals surface area (Å²) in [4.78, 5) is 14.5. The van der Waals surface area contributed by atoms with Crippen LogP contribution in [0.3, 0.4) is 0 Å². The van der Waals surface area contributed by atoms with Crippen LogP contribution in [0.15, 0.2) is 42.6 Å². The highest BCUT2D eigenvalue weighted by atomic mass is 16.5. The van der Waals surface area contributed by atoms with E-state index in [0.717, 1.165) is 17.4 Å². The zero-order chi connectivity index (χ0) is 14.5. The number of hydrogen-bond acceptors (Lipinski definition) is 3.